The van der Waals surface area contributed by atoms with Crippen LogP contribution in [0.25, 0.3) is 0 Å². The van der Waals surface area contributed by atoms with Gasteiger partial charge in [0.05, 0.1) is 19.1 Å². The van der Waals surface area contributed by atoms with Gasteiger partial charge >= 0.3 is 5.97 Å². The molecule has 0 spiro atoms. The Balaban J connectivity index is 3.05. The Bertz CT molecular complexity index is 429. The van der Waals surface area contributed by atoms with Gasteiger partial charge in [-0.2, -0.15) is 0 Å². The quantitative estimate of drug-likeness (QED) is 0.868. The van der Waals surface area contributed by atoms with Crippen molar-refractivity contribution < 1.29 is 14.6 Å². The summed E-state index contributed by atoms with van der Waals surface area (Å²) in [5.41, 5.74) is 1.76. The first-order valence-electron chi connectivity index (χ1n) is 5.90. The number of aliphatic hydroxyl groups excluding tert-OH is 1. The van der Waals surface area contributed by atoms with Crippen LogP contribution in [0.5, 0.6) is 0 Å². The molecule has 100 valence electrons. The SMILES string of the molecule is COC(=O)C(C(C)C)C(O)c1ccc(Br)c(C)c1. The van der Waals surface area contributed by atoms with Crippen molar-refractivity contribution in [3.8, 4) is 0 Å². The third kappa shape index (κ3) is 3.33. The van der Waals surface area contributed by atoms with Crippen molar-refractivity contribution in [2.75, 3.05) is 7.11 Å². The van der Waals surface area contributed by atoms with Gasteiger partial charge in [-0.1, -0.05) is 41.9 Å². The molecule has 0 aromatic heterocycles. The van der Waals surface area contributed by atoms with Gasteiger partial charge in [0, 0.05) is 4.47 Å². The van der Waals surface area contributed by atoms with Gasteiger partial charge < -0.3 is 9.84 Å². The van der Waals surface area contributed by atoms with Crippen molar-refractivity contribution in [2.45, 2.75) is 26.9 Å². The average Bonchev–Trinajstić information content (AvgIpc) is 2.32. The monoisotopic (exact) mass is 314 g/mol. The zero-order valence-corrected chi connectivity index (χ0v) is 12.7. The lowest BCUT2D eigenvalue weighted by Gasteiger charge is -2.24. The van der Waals surface area contributed by atoms with E-state index in [1.54, 1.807) is 0 Å². The number of esters is 1. The van der Waals surface area contributed by atoms with E-state index in [-0.39, 0.29) is 11.9 Å². The summed E-state index contributed by atoms with van der Waals surface area (Å²) in [6.07, 6.45) is -0.843. The lowest BCUT2D eigenvalue weighted by atomic mass is 9.86. The Labute approximate surface area is 116 Å². The molecular formula is C14H19BrO3. The summed E-state index contributed by atoms with van der Waals surface area (Å²) >= 11 is 3.41. The first-order valence-corrected chi connectivity index (χ1v) is 6.69. The van der Waals surface area contributed by atoms with Crippen molar-refractivity contribution >= 4 is 21.9 Å². The Morgan fingerprint density at radius 1 is 1.39 bits per heavy atom. The number of halogens is 1. The van der Waals surface area contributed by atoms with Crippen molar-refractivity contribution in [2.24, 2.45) is 11.8 Å². The van der Waals surface area contributed by atoms with Crippen molar-refractivity contribution in [1.29, 1.82) is 0 Å². The van der Waals surface area contributed by atoms with Gasteiger partial charge in [-0.15, -0.1) is 0 Å². The molecule has 2 atom stereocenters. The van der Waals surface area contributed by atoms with Crippen LogP contribution in [0.4, 0.5) is 0 Å². The highest BCUT2D eigenvalue weighted by molar-refractivity contribution is 9.10. The lowest BCUT2D eigenvalue weighted by Crippen LogP contribution is -2.28. The predicted octanol–water partition coefficient (Wildman–Crippen LogP) is 3.24. The van der Waals surface area contributed by atoms with E-state index in [2.05, 4.69) is 15.9 Å². The highest BCUT2D eigenvalue weighted by atomic mass is 79.9. The molecule has 0 bridgehead atoms. The van der Waals surface area contributed by atoms with Crippen LogP contribution >= 0.6 is 15.9 Å². The zero-order chi connectivity index (χ0) is 13.9. The minimum atomic E-state index is -0.843. The van der Waals surface area contributed by atoms with E-state index >= 15 is 0 Å². The van der Waals surface area contributed by atoms with Crippen LogP contribution in [0.2, 0.25) is 0 Å². The van der Waals surface area contributed by atoms with E-state index < -0.39 is 12.0 Å². The van der Waals surface area contributed by atoms with Gasteiger partial charge in [0.15, 0.2) is 0 Å². The number of carbonyl (C=O) groups is 1. The first kappa shape index (κ1) is 15.2. The molecule has 4 heteroatoms. The van der Waals surface area contributed by atoms with Crippen LogP contribution in [-0.2, 0) is 9.53 Å². The Morgan fingerprint density at radius 2 is 2.00 bits per heavy atom. The highest BCUT2D eigenvalue weighted by Crippen LogP contribution is 2.31. The number of carbonyl (C=O) groups excluding carboxylic acids is 1. The molecule has 1 aromatic carbocycles. The fraction of sp³-hybridized carbons (Fsp3) is 0.500. The summed E-state index contributed by atoms with van der Waals surface area (Å²) in [4.78, 5) is 11.7. The molecule has 3 nitrogen and oxygen atoms in total. The fourth-order valence-electron chi connectivity index (χ4n) is 1.96. The largest absolute Gasteiger partial charge is 0.469 e. The lowest BCUT2D eigenvalue weighted by molar-refractivity contribution is -0.152. The van der Waals surface area contributed by atoms with E-state index in [1.165, 1.54) is 7.11 Å². The van der Waals surface area contributed by atoms with Crippen LogP contribution < -0.4 is 0 Å². The molecule has 0 radical (unpaired) electrons. The average molecular weight is 315 g/mol. The second-order valence-electron chi connectivity index (χ2n) is 4.75. The predicted molar refractivity (Wildman–Crippen MR) is 74.2 cm³/mol. The van der Waals surface area contributed by atoms with Gasteiger partial charge in [0.1, 0.15) is 0 Å². The van der Waals surface area contributed by atoms with E-state index in [4.69, 9.17) is 4.74 Å². The first-order chi connectivity index (χ1) is 8.38. The maximum atomic E-state index is 11.7. The van der Waals surface area contributed by atoms with Gasteiger partial charge in [0.2, 0.25) is 0 Å². The highest BCUT2D eigenvalue weighted by Gasteiger charge is 2.31. The topological polar surface area (TPSA) is 46.5 Å². The summed E-state index contributed by atoms with van der Waals surface area (Å²) in [6, 6.07) is 5.58. The van der Waals surface area contributed by atoms with E-state index in [1.807, 2.05) is 39.0 Å². The Kier molecular flexibility index (Phi) is 5.35. The minimum Gasteiger partial charge on any atom is -0.469 e. The number of hydrogen-bond acceptors (Lipinski definition) is 3. The van der Waals surface area contributed by atoms with Crippen LogP contribution in [0.15, 0.2) is 22.7 Å². The molecule has 0 aliphatic carbocycles. The second kappa shape index (κ2) is 6.34. The van der Waals surface area contributed by atoms with Crippen molar-refractivity contribution in [1.82, 2.24) is 0 Å². The van der Waals surface area contributed by atoms with Crippen LogP contribution in [0.3, 0.4) is 0 Å². The van der Waals surface area contributed by atoms with Crippen molar-refractivity contribution in [3.05, 3.63) is 33.8 Å². The summed E-state index contributed by atoms with van der Waals surface area (Å²) in [5, 5.41) is 10.4. The number of benzene rings is 1. The van der Waals surface area contributed by atoms with E-state index in [0.29, 0.717) is 0 Å². The van der Waals surface area contributed by atoms with E-state index in [9.17, 15) is 9.90 Å². The molecule has 0 aliphatic heterocycles. The molecule has 1 aromatic rings. The maximum Gasteiger partial charge on any atom is 0.311 e. The molecule has 18 heavy (non-hydrogen) atoms. The van der Waals surface area contributed by atoms with Crippen LogP contribution in [0, 0.1) is 18.8 Å². The maximum absolute atomic E-state index is 11.7. The van der Waals surface area contributed by atoms with Gasteiger partial charge in [0.25, 0.3) is 0 Å². The molecule has 2 unspecified atom stereocenters. The summed E-state index contributed by atoms with van der Waals surface area (Å²) < 4.78 is 5.75. The summed E-state index contributed by atoms with van der Waals surface area (Å²) in [5.74, 6) is -0.912. The molecule has 0 saturated carbocycles. The Hall–Kier alpha value is -0.870. The standard InChI is InChI=1S/C14H19BrO3/c1-8(2)12(14(17)18-4)13(16)10-5-6-11(15)9(3)7-10/h5-8,12-13,16H,1-4H3. The summed E-state index contributed by atoms with van der Waals surface area (Å²) in [6.45, 7) is 5.75. The molecule has 0 fully saturated rings. The number of aryl methyl sites for hydroxylation is 1. The molecular weight excluding hydrogens is 296 g/mol. The smallest absolute Gasteiger partial charge is 0.311 e. The minimum absolute atomic E-state index is 0.0106. The third-order valence-electron chi connectivity index (χ3n) is 3.06. The third-order valence-corrected chi connectivity index (χ3v) is 3.95. The normalized spacial score (nSPS) is 14.4. The van der Waals surface area contributed by atoms with Crippen LogP contribution in [0.1, 0.15) is 31.1 Å². The number of ether oxygens (including phenoxy) is 1. The molecule has 0 amide bonds. The number of hydrogen-bond donors (Lipinski definition) is 1. The molecule has 1 N–H and O–H groups in total. The number of rotatable bonds is 4. The summed E-state index contributed by atoms with van der Waals surface area (Å²) in [7, 11) is 1.34. The molecule has 0 aliphatic rings. The van der Waals surface area contributed by atoms with Crippen molar-refractivity contribution in [3.63, 3.8) is 0 Å². The van der Waals surface area contributed by atoms with Gasteiger partial charge in [-0.3, -0.25) is 4.79 Å². The zero-order valence-electron chi connectivity index (χ0n) is 11.1. The molecule has 1 rings (SSSR count). The number of aliphatic hydroxyl groups is 1. The van der Waals surface area contributed by atoms with Crippen LogP contribution in [-0.4, -0.2) is 18.2 Å². The molecule has 0 heterocycles. The molecule has 0 saturated heterocycles. The van der Waals surface area contributed by atoms with Gasteiger partial charge in [-0.05, 0) is 30.0 Å². The Morgan fingerprint density at radius 3 is 2.44 bits per heavy atom. The van der Waals surface area contributed by atoms with Gasteiger partial charge in [-0.25, -0.2) is 0 Å². The second-order valence-corrected chi connectivity index (χ2v) is 5.60. The number of methoxy groups -OCH3 is 1. The fourth-order valence-corrected chi connectivity index (χ4v) is 2.21. The van der Waals surface area contributed by atoms with E-state index in [0.717, 1.165) is 15.6 Å².